The average molecular weight is 359 g/mol. The van der Waals surface area contributed by atoms with Crippen LogP contribution >= 0.6 is 0 Å². The molecule has 0 aromatic heterocycles. The molecule has 0 amide bonds. The van der Waals surface area contributed by atoms with Crippen LogP contribution in [0.3, 0.4) is 0 Å². The largest absolute Gasteiger partial charge is 0.289 e. The second kappa shape index (κ2) is 6.96. The summed E-state index contributed by atoms with van der Waals surface area (Å²) in [6.45, 7) is 15.4. The molecule has 2 aromatic carbocycles. The van der Waals surface area contributed by atoms with Crippen molar-refractivity contribution in [2.24, 2.45) is 5.92 Å². The van der Waals surface area contributed by atoms with E-state index in [1.165, 1.54) is 27.9 Å². The predicted octanol–water partition coefficient (Wildman–Crippen LogP) is 6.97. The molecule has 0 N–H and O–H groups in total. The number of benzene rings is 2. The van der Waals surface area contributed by atoms with Gasteiger partial charge in [0.2, 0.25) is 0 Å². The molecule has 0 bridgehead atoms. The summed E-state index contributed by atoms with van der Waals surface area (Å²) in [5.41, 5.74) is 9.20. The minimum Gasteiger partial charge on any atom is -0.289 e. The Hall–Kier alpha value is -2.41. The normalized spacial score (nSPS) is 17.7. The molecule has 27 heavy (non-hydrogen) atoms. The molecule has 2 aromatic rings. The molecule has 3 rings (SSSR count). The van der Waals surface area contributed by atoms with Crippen molar-refractivity contribution < 1.29 is 4.79 Å². The quantitative estimate of drug-likeness (QED) is 0.541. The van der Waals surface area contributed by atoms with Crippen LogP contribution in [0.1, 0.15) is 75.5 Å². The van der Waals surface area contributed by atoms with Gasteiger partial charge in [-0.25, -0.2) is 0 Å². The van der Waals surface area contributed by atoms with Gasteiger partial charge in [0.1, 0.15) is 0 Å². The minimum atomic E-state index is -0.000944. The average Bonchev–Trinajstić information content (AvgIpc) is 2.84. The molecule has 1 atom stereocenters. The van der Waals surface area contributed by atoms with Gasteiger partial charge in [-0.1, -0.05) is 75.7 Å². The molecule has 1 unspecified atom stereocenters. The molecule has 1 aliphatic carbocycles. The lowest BCUT2D eigenvalue weighted by atomic mass is 9.81. The van der Waals surface area contributed by atoms with Crippen molar-refractivity contribution in [3.8, 4) is 0 Å². The summed E-state index contributed by atoms with van der Waals surface area (Å²) >= 11 is 0. The summed E-state index contributed by atoms with van der Waals surface area (Å²) in [5, 5.41) is 0. The molecule has 0 radical (unpaired) electrons. The summed E-state index contributed by atoms with van der Waals surface area (Å²) in [6.07, 6.45) is 0. The van der Waals surface area contributed by atoms with Gasteiger partial charge in [0.05, 0.1) is 0 Å². The number of allylic oxidation sites excluding steroid dienone is 4. The fourth-order valence-corrected chi connectivity index (χ4v) is 3.98. The van der Waals surface area contributed by atoms with Crippen LogP contribution in [0.25, 0.3) is 5.57 Å². The maximum atomic E-state index is 13.4. The van der Waals surface area contributed by atoms with E-state index in [4.69, 9.17) is 0 Å². The van der Waals surface area contributed by atoms with E-state index in [-0.39, 0.29) is 11.2 Å². The Bertz CT molecular complexity index is 949. The fraction of sp³-hybridized carbons (Fsp3) is 0.346. The third-order valence-corrected chi connectivity index (χ3v) is 6.10. The number of carbonyl (C=O) groups is 1. The summed E-state index contributed by atoms with van der Waals surface area (Å²) in [7, 11) is 0. The van der Waals surface area contributed by atoms with Crippen LogP contribution < -0.4 is 0 Å². The molecule has 0 aliphatic heterocycles. The van der Waals surface area contributed by atoms with Crippen LogP contribution in [-0.2, 0) is 5.41 Å². The maximum Gasteiger partial charge on any atom is 0.193 e. The van der Waals surface area contributed by atoms with Gasteiger partial charge < -0.3 is 0 Å². The van der Waals surface area contributed by atoms with Gasteiger partial charge in [-0.15, -0.1) is 0 Å². The predicted molar refractivity (Wildman–Crippen MR) is 115 cm³/mol. The van der Waals surface area contributed by atoms with E-state index in [9.17, 15) is 4.79 Å². The molecule has 1 heteroatoms. The monoisotopic (exact) mass is 358 g/mol. The first-order chi connectivity index (χ1) is 12.6. The van der Waals surface area contributed by atoms with Crippen molar-refractivity contribution in [1.29, 1.82) is 0 Å². The van der Waals surface area contributed by atoms with Crippen molar-refractivity contribution >= 4 is 11.4 Å². The van der Waals surface area contributed by atoms with Gasteiger partial charge in [-0.05, 0) is 60.1 Å². The van der Waals surface area contributed by atoms with E-state index in [1.54, 1.807) is 0 Å². The van der Waals surface area contributed by atoms with Gasteiger partial charge in [0.15, 0.2) is 5.78 Å². The lowest BCUT2D eigenvalue weighted by molar-refractivity contribution is 0.103. The second-order valence-corrected chi connectivity index (χ2v) is 8.77. The van der Waals surface area contributed by atoms with E-state index in [0.717, 1.165) is 16.7 Å². The Kier molecular flexibility index (Phi) is 4.99. The minimum absolute atomic E-state index is 0.000944. The Balaban J connectivity index is 2.23. The number of rotatable bonds is 3. The first-order valence-electron chi connectivity index (χ1n) is 9.76. The van der Waals surface area contributed by atoms with Gasteiger partial charge in [-0.2, -0.15) is 0 Å². The highest BCUT2D eigenvalue weighted by Gasteiger charge is 2.29. The molecule has 0 spiro atoms. The topological polar surface area (TPSA) is 17.1 Å². The van der Waals surface area contributed by atoms with Crippen molar-refractivity contribution in [2.75, 3.05) is 0 Å². The highest BCUT2D eigenvalue weighted by atomic mass is 16.1. The van der Waals surface area contributed by atoms with E-state index in [0.29, 0.717) is 5.92 Å². The fourth-order valence-electron chi connectivity index (χ4n) is 3.98. The van der Waals surface area contributed by atoms with Crippen LogP contribution in [0, 0.1) is 5.92 Å². The molecule has 0 saturated carbocycles. The van der Waals surface area contributed by atoms with E-state index < -0.39 is 0 Å². The lowest BCUT2D eigenvalue weighted by Crippen LogP contribution is -2.15. The maximum absolute atomic E-state index is 13.4. The first kappa shape index (κ1) is 19.4. The van der Waals surface area contributed by atoms with Crippen LogP contribution in [0.4, 0.5) is 0 Å². The third kappa shape index (κ3) is 3.43. The Labute approximate surface area is 163 Å². The summed E-state index contributed by atoms with van der Waals surface area (Å²) in [4.78, 5) is 13.4. The van der Waals surface area contributed by atoms with Gasteiger partial charge in [0.25, 0.3) is 0 Å². The zero-order valence-electron chi connectivity index (χ0n) is 17.6. The number of ketones is 1. The zero-order chi connectivity index (χ0) is 19.9. The molecule has 0 heterocycles. The summed E-state index contributed by atoms with van der Waals surface area (Å²) < 4.78 is 0. The third-order valence-electron chi connectivity index (χ3n) is 6.10. The molecular weight excluding hydrogens is 328 g/mol. The summed E-state index contributed by atoms with van der Waals surface area (Å²) in [5.74, 6) is 0.444. The standard InChI is InChI=1S/C26H30O/c1-16-17(2)19(4)24(18(16)3)22-14-13-21(26(5,6)7)15-23(22)25(27)20-11-9-8-10-12-20/h8-15,18H,1-7H3. The van der Waals surface area contributed by atoms with Crippen molar-refractivity contribution in [3.63, 3.8) is 0 Å². The molecule has 1 nitrogen and oxygen atoms in total. The Morgan fingerprint density at radius 2 is 1.52 bits per heavy atom. The van der Waals surface area contributed by atoms with Crippen LogP contribution in [-0.4, -0.2) is 5.78 Å². The highest BCUT2D eigenvalue weighted by Crippen LogP contribution is 2.44. The van der Waals surface area contributed by atoms with Crippen LogP contribution in [0.2, 0.25) is 0 Å². The van der Waals surface area contributed by atoms with Crippen molar-refractivity contribution in [2.45, 2.75) is 53.9 Å². The molecule has 1 aliphatic rings. The van der Waals surface area contributed by atoms with E-state index >= 15 is 0 Å². The van der Waals surface area contributed by atoms with E-state index in [2.05, 4.69) is 66.7 Å². The molecule has 140 valence electrons. The number of carbonyl (C=O) groups excluding carboxylic acids is 1. The Morgan fingerprint density at radius 1 is 0.889 bits per heavy atom. The number of hydrogen-bond acceptors (Lipinski definition) is 1. The van der Waals surface area contributed by atoms with Crippen molar-refractivity contribution in [1.82, 2.24) is 0 Å². The van der Waals surface area contributed by atoms with Gasteiger partial charge in [-0.3, -0.25) is 4.79 Å². The molecule has 0 saturated heterocycles. The highest BCUT2D eigenvalue weighted by molar-refractivity contribution is 6.12. The van der Waals surface area contributed by atoms with Gasteiger partial charge >= 0.3 is 0 Å². The van der Waals surface area contributed by atoms with Crippen molar-refractivity contribution in [3.05, 3.63) is 87.5 Å². The van der Waals surface area contributed by atoms with Crippen LogP contribution in [0.5, 0.6) is 0 Å². The Morgan fingerprint density at radius 3 is 2.04 bits per heavy atom. The smallest absolute Gasteiger partial charge is 0.193 e. The molecule has 0 fully saturated rings. The lowest BCUT2D eigenvalue weighted by Gasteiger charge is -2.23. The number of hydrogen-bond donors (Lipinski definition) is 0. The zero-order valence-corrected chi connectivity index (χ0v) is 17.6. The van der Waals surface area contributed by atoms with Gasteiger partial charge in [0, 0.05) is 17.0 Å². The second-order valence-electron chi connectivity index (χ2n) is 8.77. The summed E-state index contributed by atoms with van der Waals surface area (Å²) in [6, 6.07) is 16.1. The molecular formula is C26H30O. The SMILES string of the molecule is CC1=C(C)C(C)C(c2ccc(C(C)(C)C)cc2C(=O)c2ccccc2)=C1C. The van der Waals surface area contributed by atoms with Crippen LogP contribution in [0.15, 0.2) is 65.3 Å². The van der Waals surface area contributed by atoms with E-state index in [1.807, 2.05) is 30.3 Å². The first-order valence-corrected chi connectivity index (χ1v) is 9.76.